The zero-order valence-corrected chi connectivity index (χ0v) is 9.30. The molecule has 0 radical (unpaired) electrons. The Labute approximate surface area is 96.5 Å². The maximum Gasteiger partial charge on any atom is 0.338 e. The van der Waals surface area contributed by atoms with Crippen LogP contribution >= 0.6 is 11.6 Å². The predicted octanol–water partition coefficient (Wildman–Crippen LogP) is 2.79. The summed E-state index contributed by atoms with van der Waals surface area (Å²) in [6.45, 7) is 1.85. The number of carboxylic acids is 1. The van der Waals surface area contributed by atoms with Crippen LogP contribution in [0.3, 0.4) is 0 Å². The van der Waals surface area contributed by atoms with E-state index in [0.717, 1.165) is 0 Å². The van der Waals surface area contributed by atoms with Gasteiger partial charge in [-0.05, 0) is 18.6 Å². The van der Waals surface area contributed by atoms with Gasteiger partial charge in [-0.1, -0.05) is 18.5 Å². The Balaban J connectivity index is 2.92. The zero-order chi connectivity index (χ0) is 11.9. The summed E-state index contributed by atoms with van der Waals surface area (Å²) in [7, 11) is 0. The molecule has 5 heteroatoms. The molecule has 0 atom stereocenters. The second-order valence-electron chi connectivity index (χ2n) is 3.46. The third kappa shape index (κ3) is 1.42. The number of hydrogen-bond acceptors (Lipinski definition) is 2. The lowest BCUT2D eigenvalue weighted by Crippen LogP contribution is -1.99. The van der Waals surface area contributed by atoms with Gasteiger partial charge in [0.25, 0.3) is 0 Å². The van der Waals surface area contributed by atoms with Crippen molar-refractivity contribution in [3.05, 3.63) is 28.4 Å². The van der Waals surface area contributed by atoms with E-state index in [4.69, 9.17) is 16.7 Å². The number of aromatic nitrogens is 1. The Kier molecular flexibility index (Phi) is 2.52. The first-order valence-corrected chi connectivity index (χ1v) is 5.19. The third-order valence-corrected chi connectivity index (χ3v) is 2.91. The molecule has 84 valence electrons. The highest BCUT2D eigenvalue weighted by molar-refractivity contribution is 6.38. The quantitative estimate of drug-likeness (QED) is 0.755. The standard InChI is InChI=1S/C11H10ClNO3/c1-2-5-9(11(15)16)8-6(13-5)3-4-7(14)10(8)12/h3-4,13-14H,2H2,1H3,(H,15,16). The van der Waals surface area contributed by atoms with Crippen molar-refractivity contribution in [3.8, 4) is 5.75 Å². The number of phenols is 1. The van der Waals surface area contributed by atoms with Gasteiger partial charge < -0.3 is 15.2 Å². The fourth-order valence-electron chi connectivity index (χ4n) is 1.79. The molecule has 0 unspecified atom stereocenters. The maximum atomic E-state index is 11.2. The average molecular weight is 240 g/mol. The number of halogens is 1. The largest absolute Gasteiger partial charge is 0.506 e. The van der Waals surface area contributed by atoms with E-state index in [1.807, 2.05) is 6.92 Å². The van der Waals surface area contributed by atoms with Crippen LogP contribution < -0.4 is 0 Å². The lowest BCUT2D eigenvalue weighted by Gasteiger charge is -1.99. The first-order chi connectivity index (χ1) is 7.56. The summed E-state index contributed by atoms with van der Waals surface area (Å²) in [5.41, 5.74) is 1.37. The fourth-order valence-corrected chi connectivity index (χ4v) is 2.05. The molecule has 0 spiro atoms. The molecule has 0 aliphatic rings. The van der Waals surface area contributed by atoms with E-state index in [1.165, 1.54) is 6.07 Å². The van der Waals surface area contributed by atoms with Crippen molar-refractivity contribution in [2.24, 2.45) is 0 Å². The summed E-state index contributed by atoms with van der Waals surface area (Å²) in [5, 5.41) is 19.0. The maximum absolute atomic E-state index is 11.2. The molecule has 0 aliphatic carbocycles. The Morgan fingerprint density at radius 1 is 1.50 bits per heavy atom. The van der Waals surface area contributed by atoms with Crippen LogP contribution in [-0.4, -0.2) is 21.2 Å². The van der Waals surface area contributed by atoms with Crippen molar-refractivity contribution < 1.29 is 15.0 Å². The van der Waals surface area contributed by atoms with E-state index in [-0.39, 0.29) is 16.3 Å². The molecule has 0 saturated heterocycles. The Morgan fingerprint density at radius 3 is 2.75 bits per heavy atom. The van der Waals surface area contributed by atoms with Gasteiger partial charge in [-0.25, -0.2) is 4.79 Å². The van der Waals surface area contributed by atoms with Crippen LogP contribution in [0.5, 0.6) is 5.75 Å². The monoisotopic (exact) mass is 239 g/mol. The smallest absolute Gasteiger partial charge is 0.338 e. The van der Waals surface area contributed by atoms with E-state index in [9.17, 15) is 9.90 Å². The molecule has 0 fully saturated rings. The molecule has 1 heterocycles. The van der Waals surface area contributed by atoms with E-state index < -0.39 is 5.97 Å². The highest BCUT2D eigenvalue weighted by atomic mass is 35.5. The lowest BCUT2D eigenvalue weighted by atomic mass is 10.1. The number of aromatic hydroxyl groups is 1. The minimum absolute atomic E-state index is 0.0749. The molecule has 2 rings (SSSR count). The van der Waals surface area contributed by atoms with Gasteiger partial charge in [-0.15, -0.1) is 0 Å². The van der Waals surface area contributed by atoms with E-state index >= 15 is 0 Å². The number of aromatic carboxylic acids is 1. The molecule has 4 nitrogen and oxygen atoms in total. The number of aromatic amines is 1. The van der Waals surface area contributed by atoms with Crippen LogP contribution in [-0.2, 0) is 6.42 Å². The molecule has 0 aliphatic heterocycles. The average Bonchev–Trinajstić information content (AvgIpc) is 2.62. The molecular weight excluding hydrogens is 230 g/mol. The molecule has 16 heavy (non-hydrogen) atoms. The normalized spacial score (nSPS) is 10.9. The van der Waals surface area contributed by atoms with Gasteiger partial charge in [0.05, 0.1) is 10.6 Å². The first kappa shape index (κ1) is 10.8. The van der Waals surface area contributed by atoms with Crippen molar-refractivity contribution in [3.63, 3.8) is 0 Å². The second-order valence-corrected chi connectivity index (χ2v) is 3.84. The topological polar surface area (TPSA) is 73.3 Å². The molecule has 0 bridgehead atoms. The third-order valence-electron chi connectivity index (χ3n) is 2.53. The summed E-state index contributed by atoms with van der Waals surface area (Å²) in [5.74, 6) is -1.16. The number of H-pyrrole nitrogens is 1. The number of carbonyl (C=O) groups is 1. The van der Waals surface area contributed by atoms with Crippen molar-refractivity contribution >= 4 is 28.5 Å². The zero-order valence-electron chi connectivity index (χ0n) is 8.54. The number of phenolic OH excluding ortho intramolecular Hbond substituents is 1. The Hall–Kier alpha value is -1.68. The van der Waals surface area contributed by atoms with E-state index in [2.05, 4.69) is 4.98 Å². The van der Waals surface area contributed by atoms with Crippen molar-refractivity contribution in [1.29, 1.82) is 0 Å². The van der Waals surface area contributed by atoms with Gasteiger partial charge in [0.1, 0.15) is 5.75 Å². The SMILES string of the molecule is CCc1[nH]c2ccc(O)c(Cl)c2c1C(=O)O. The molecule has 1 aromatic carbocycles. The minimum atomic E-state index is -1.05. The number of hydrogen-bond donors (Lipinski definition) is 3. The molecule has 0 saturated carbocycles. The molecule has 1 aromatic heterocycles. The lowest BCUT2D eigenvalue weighted by molar-refractivity contribution is 0.0698. The number of aryl methyl sites for hydroxylation is 1. The molecule has 2 aromatic rings. The Morgan fingerprint density at radius 2 is 2.19 bits per heavy atom. The number of carboxylic acid groups (broad SMARTS) is 1. The van der Waals surface area contributed by atoms with Crippen LogP contribution in [0.15, 0.2) is 12.1 Å². The number of nitrogens with one attached hydrogen (secondary N) is 1. The van der Waals surface area contributed by atoms with Crippen LogP contribution in [0.1, 0.15) is 23.0 Å². The van der Waals surface area contributed by atoms with Gasteiger partial charge in [0.15, 0.2) is 0 Å². The van der Waals surface area contributed by atoms with Gasteiger partial charge in [-0.2, -0.15) is 0 Å². The summed E-state index contributed by atoms with van der Waals surface area (Å²) in [4.78, 5) is 14.1. The van der Waals surface area contributed by atoms with Gasteiger partial charge >= 0.3 is 5.97 Å². The van der Waals surface area contributed by atoms with Crippen molar-refractivity contribution in [2.45, 2.75) is 13.3 Å². The van der Waals surface area contributed by atoms with Gasteiger partial charge in [-0.3, -0.25) is 0 Å². The van der Waals surface area contributed by atoms with Gasteiger partial charge in [0, 0.05) is 16.6 Å². The minimum Gasteiger partial charge on any atom is -0.506 e. The number of fused-ring (bicyclic) bond motifs is 1. The molecule has 3 N–H and O–H groups in total. The highest BCUT2D eigenvalue weighted by Crippen LogP contribution is 2.35. The van der Waals surface area contributed by atoms with Crippen molar-refractivity contribution in [2.75, 3.05) is 0 Å². The second kappa shape index (κ2) is 3.72. The fraction of sp³-hybridized carbons (Fsp3) is 0.182. The van der Waals surface area contributed by atoms with Crippen LogP contribution in [0, 0.1) is 0 Å². The summed E-state index contributed by atoms with van der Waals surface area (Å²) < 4.78 is 0. The molecule has 0 amide bonds. The van der Waals surface area contributed by atoms with Gasteiger partial charge in [0.2, 0.25) is 0 Å². The van der Waals surface area contributed by atoms with Crippen LogP contribution in [0.4, 0.5) is 0 Å². The summed E-state index contributed by atoms with van der Waals surface area (Å²) >= 11 is 5.91. The van der Waals surface area contributed by atoms with E-state index in [1.54, 1.807) is 6.07 Å². The first-order valence-electron chi connectivity index (χ1n) is 4.81. The molecular formula is C11H10ClNO3. The number of benzene rings is 1. The van der Waals surface area contributed by atoms with E-state index in [0.29, 0.717) is 23.0 Å². The van der Waals surface area contributed by atoms with Crippen molar-refractivity contribution in [1.82, 2.24) is 4.98 Å². The summed E-state index contributed by atoms with van der Waals surface area (Å²) in [6, 6.07) is 3.05. The summed E-state index contributed by atoms with van der Waals surface area (Å²) in [6.07, 6.45) is 0.563. The van der Waals surface area contributed by atoms with Crippen LogP contribution in [0.2, 0.25) is 5.02 Å². The number of rotatable bonds is 2. The highest BCUT2D eigenvalue weighted by Gasteiger charge is 2.20. The predicted molar refractivity (Wildman–Crippen MR) is 61.3 cm³/mol. The Bertz CT molecular complexity index is 574. The van der Waals surface area contributed by atoms with Crippen LogP contribution in [0.25, 0.3) is 10.9 Å².